The van der Waals surface area contributed by atoms with Crippen LogP contribution in [0.5, 0.6) is 0 Å². The first kappa shape index (κ1) is 15.1. The Morgan fingerprint density at radius 3 is 2.86 bits per heavy atom. The van der Waals surface area contributed by atoms with Gasteiger partial charge in [0.15, 0.2) is 0 Å². The summed E-state index contributed by atoms with van der Waals surface area (Å²) in [5, 5.41) is 0.765. The van der Waals surface area contributed by atoms with Gasteiger partial charge < -0.3 is 9.88 Å². The Hall–Kier alpha value is -1.81. The summed E-state index contributed by atoms with van der Waals surface area (Å²) in [7, 11) is 0. The van der Waals surface area contributed by atoms with Crippen LogP contribution in [-0.4, -0.2) is 33.9 Å². The lowest BCUT2D eigenvalue weighted by molar-refractivity contribution is -0.129. The third-order valence-electron chi connectivity index (χ3n) is 4.33. The van der Waals surface area contributed by atoms with E-state index in [9.17, 15) is 4.79 Å². The number of halogens is 1. The number of aromatic nitrogens is 2. The molecule has 0 saturated carbocycles. The Balaban J connectivity index is 1.54. The third-order valence-corrected chi connectivity index (χ3v) is 4.58. The molecule has 2 heterocycles. The van der Waals surface area contributed by atoms with Crippen molar-refractivity contribution in [2.75, 3.05) is 13.1 Å². The average molecular weight is 318 g/mol. The molecule has 0 bridgehead atoms. The molecule has 116 valence electrons. The van der Waals surface area contributed by atoms with Gasteiger partial charge in [0.1, 0.15) is 0 Å². The van der Waals surface area contributed by atoms with Gasteiger partial charge >= 0.3 is 0 Å². The molecule has 5 heteroatoms. The summed E-state index contributed by atoms with van der Waals surface area (Å²) in [6.07, 6.45) is 4.10. The number of rotatable bonds is 4. The normalized spacial score (nSPS) is 17.9. The molecule has 1 aliphatic rings. The number of likely N-dealkylation sites (tertiary alicyclic amines) is 1. The summed E-state index contributed by atoms with van der Waals surface area (Å²) in [6, 6.07) is 7.99. The number of amides is 1. The fourth-order valence-corrected chi connectivity index (χ4v) is 3.13. The fourth-order valence-electron chi connectivity index (χ4n) is 3.00. The molecule has 22 heavy (non-hydrogen) atoms. The lowest BCUT2D eigenvalue weighted by Crippen LogP contribution is -2.30. The van der Waals surface area contributed by atoms with E-state index in [0.717, 1.165) is 42.3 Å². The van der Waals surface area contributed by atoms with Crippen LogP contribution in [0.4, 0.5) is 0 Å². The minimum atomic E-state index is 0.175. The number of H-pyrrole nitrogens is 1. The molecule has 1 amide bonds. The van der Waals surface area contributed by atoms with E-state index in [0.29, 0.717) is 12.3 Å². The first-order chi connectivity index (χ1) is 10.6. The fraction of sp³-hybridized carbons (Fsp3) is 0.412. The number of hydrogen-bond acceptors (Lipinski definition) is 2. The first-order valence-corrected chi connectivity index (χ1v) is 8.00. The van der Waals surface area contributed by atoms with E-state index in [1.165, 1.54) is 5.56 Å². The van der Waals surface area contributed by atoms with E-state index in [-0.39, 0.29) is 5.91 Å². The molecule has 1 unspecified atom stereocenters. The number of imidazole rings is 1. The van der Waals surface area contributed by atoms with Crippen LogP contribution in [0.1, 0.15) is 23.4 Å². The minimum absolute atomic E-state index is 0.175. The van der Waals surface area contributed by atoms with Gasteiger partial charge in [0.2, 0.25) is 5.91 Å². The average Bonchev–Trinajstić information content (AvgIpc) is 3.12. The Labute approximate surface area is 135 Å². The maximum absolute atomic E-state index is 12.4. The van der Waals surface area contributed by atoms with Gasteiger partial charge in [0.25, 0.3) is 0 Å². The molecular weight excluding hydrogens is 298 g/mol. The molecule has 0 radical (unpaired) electrons. The van der Waals surface area contributed by atoms with Crippen LogP contribution in [0.25, 0.3) is 0 Å². The summed E-state index contributed by atoms with van der Waals surface area (Å²) >= 11 is 5.91. The minimum Gasteiger partial charge on any atom is -0.348 e. The van der Waals surface area contributed by atoms with Gasteiger partial charge in [-0.3, -0.25) is 4.79 Å². The molecule has 1 aromatic carbocycles. The zero-order valence-electron chi connectivity index (χ0n) is 12.7. The highest BCUT2D eigenvalue weighted by Gasteiger charge is 2.26. The predicted octanol–water partition coefficient (Wildman–Crippen LogP) is 3.01. The number of benzene rings is 1. The Morgan fingerprint density at radius 1 is 1.41 bits per heavy atom. The summed E-state index contributed by atoms with van der Waals surface area (Å²) in [4.78, 5) is 21.6. The number of nitrogens with zero attached hydrogens (tertiary/aromatic N) is 2. The molecule has 2 aromatic rings. The standard InChI is InChI=1S/C17H20ClN3O/c1-12-16(20-11-19-12)9-17(22)21-7-6-14(10-21)8-13-2-4-15(18)5-3-13/h2-5,11,14H,6-10H2,1H3,(H,19,20). The quantitative estimate of drug-likeness (QED) is 0.942. The lowest BCUT2D eigenvalue weighted by atomic mass is 9.99. The predicted molar refractivity (Wildman–Crippen MR) is 86.9 cm³/mol. The van der Waals surface area contributed by atoms with Crippen molar-refractivity contribution in [3.63, 3.8) is 0 Å². The third kappa shape index (κ3) is 3.50. The summed E-state index contributed by atoms with van der Waals surface area (Å²) < 4.78 is 0. The maximum atomic E-state index is 12.4. The molecule has 1 aliphatic heterocycles. The summed E-state index contributed by atoms with van der Waals surface area (Å²) in [5.74, 6) is 0.708. The number of aromatic amines is 1. The maximum Gasteiger partial charge on any atom is 0.228 e. The second kappa shape index (κ2) is 6.53. The van der Waals surface area contributed by atoms with Gasteiger partial charge in [-0.2, -0.15) is 0 Å². The molecule has 1 aromatic heterocycles. The van der Waals surface area contributed by atoms with E-state index in [2.05, 4.69) is 22.1 Å². The van der Waals surface area contributed by atoms with Gasteiger partial charge in [-0.1, -0.05) is 23.7 Å². The zero-order valence-corrected chi connectivity index (χ0v) is 13.4. The van der Waals surface area contributed by atoms with Crippen molar-refractivity contribution in [2.45, 2.75) is 26.2 Å². The van der Waals surface area contributed by atoms with E-state index < -0.39 is 0 Å². The molecule has 3 rings (SSSR count). The molecule has 1 saturated heterocycles. The Bertz CT molecular complexity index is 650. The van der Waals surface area contributed by atoms with Gasteiger partial charge in [-0.05, 0) is 43.4 Å². The molecule has 0 aliphatic carbocycles. The number of hydrogen-bond donors (Lipinski definition) is 1. The van der Waals surface area contributed by atoms with Crippen LogP contribution < -0.4 is 0 Å². The molecule has 1 N–H and O–H groups in total. The van der Waals surface area contributed by atoms with Crippen LogP contribution in [0.2, 0.25) is 5.02 Å². The molecule has 0 spiro atoms. The number of carbonyl (C=O) groups is 1. The van der Waals surface area contributed by atoms with Gasteiger partial charge in [0, 0.05) is 23.8 Å². The van der Waals surface area contributed by atoms with Crippen molar-refractivity contribution in [2.24, 2.45) is 5.92 Å². The molecular formula is C17H20ClN3O. The highest BCUT2D eigenvalue weighted by atomic mass is 35.5. The summed E-state index contributed by atoms with van der Waals surface area (Å²) in [5.41, 5.74) is 3.11. The van der Waals surface area contributed by atoms with E-state index >= 15 is 0 Å². The largest absolute Gasteiger partial charge is 0.348 e. The van der Waals surface area contributed by atoms with Crippen molar-refractivity contribution in [1.82, 2.24) is 14.9 Å². The van der Waals surface area contributed by atoms with Crippen molar-refractivity contribution in [1.29, 1.82) is 0 Å². The van der Waals surface area contributed by atoms with Crippen molar-refractivity contribution in [3.8, 4) is 0 Å². The van der Waals surface area contributed by atoms with Crippen molar-refractivity contribution in [3.05, 3.63) is 52.6 Å². The van der Waals surface area contributed by atoms with Crippen LogP contribution in [-0.2, 0) is 17.6 Å². The van der Waals surface area contributed by atoms with Crippen LogP contribution in [0, 0.1) is 12.8 Å². The molecule has 1 fully saturated rings. The van der Waals surface area contributed by atoms with E-state index in [1.807, 2.05) is 24.0 Å². The molecule has 4 nitrogen and oxygen atoms in total. The number of carbonyl (C=O) groups excluding carboxylic acids is 1. The summed E-state index contributed by atoms with van der Waals surface area (Å²) in [6.45, 7) is 3.63. The SMILES string of the molecule is Cc1[nH]cnc1CC(=O)N1CCC(Cc2ccc(Cl)cc2)C1. The smallest absolute Gasteiger partial charge is 0.228 e. The number of nitrogens with one attached hydrogen (secondary N) is 1. The zero-order chi connectivity index (χ0) is 15.5. The second-order valence-electron chi connectivity index (χ2n) is 5.98. The topological polar surface area (TPSA) is 49.0 Å². The van der Waals surface area contributed by atoms with E-state index in [1.54, 1.807) is 6.33 Å². The van der Waals surface area contributed by atoms with Gasteiger partial charge in [-0.15, -0.1) is 0 Å². The first-order valence-electron chi connectivity index (χ1n) is 7.63. The van der Waals surface area contributed by atoms with Gasteiger partial charge in [-0.25, -0.2) is 4.98 Å². The van der Waals surface area contributed by atoms with Gasteiger partial charge in [0.05, 0.1) is 18.4 Å². The molecule has 1 atom stereocenters. The number of aryl methyl sites for hydroxylation is 1. The highest BCUT2D eigenvalue weighted by Crippen LogP contribution is 2.22. The van der Waals surface area contributed by atoms with E-state index in [4.69, 9.17) is 11.6 Å². The van der Waals surface area contributed by atoms with Crippen LogP contribution in [0.15, 0.2) is 30.6 Å². The lowest BCUT2D eigenvalue weighted by Gasteiger charge is -2.16. The van der Waals surface area contributed by atoms with Crippen molar-refractivity contribution < 1.29 is 4.79 Å². The van der Waals surface area contributed by atoms with Crippen LogP contribution in [0.3, 0.4) is 0 Å². The van der Waals surface area contributed by atoms with Crippen LogP contribution >= 0.6 is 11.6 Å². The highest BCUT2D eigenvalue weighted by molar-refractivity contribution is 6.30. The Morgan fingerprint density at radius 2 is 2.18 bits per heavy atom. The monoisotopic (exact) mass is 317 g/mol. The van der Waals surface area contributed by atoms with Crippen molar-refractivity contribution >= 4 is 17.5 Å². The Kier molecular flexibility index (Phi) is 4.48. The second-order valence-corrected chi connectivity index (χ2v) is 6.41.